The van der Waals surface area contributed by atoms with E-state index in [0.717, 1.165) is 23.9 Å². The van der Waals surface area contributed by atoms with Crippen LogP contribution in [0.1, 0.15) is 39.1 Å². The van der Waals surface area contributed by atoms with Crippen LogP contribution in [0.5, 0.6) is 0 Å². The number of halogens is 3. The van der Waals surface area contributed by atoms with Gasteiger partial charge in [-0.2, -0.15) is 13.2 Å². The SMILES string of the molecule is C[C@@H](Sc1nnc(C(C)(C)C)n1N)C(=O)Nc1ccc(C(F)(F)F)cc1. The maximum atomic E-state index is 12.6. The summed E-state index contributed by atoms with van der Waals surface area (Å²) in [6.45, 7) is 7.47. The van der Waals surface area contributed by atoms with Crippen LogP contribution in [-0.2, 0) is 16.4 Å². The molecular formula is C16H20F3N5OS. The quantitative estimate of drug-likeness (QED) is 0.620. The Morgan fingerprint density at radius 2 is 1.77 bits per heavy atom. The van der Waals surface area contributed by atoms with Crippen molar-refractivity contribution in [1.82, 2.24) is 14.9 Å². The molecule has 0 aliphatic carbocycles. The normalized spacial score (nSPS) is 13.5. The Labute approximate surface area is 153 Å². The van der Waals surface area contributed by atoms with Crippen molar-refractivity contribution in [3.63, 3.8) is 0 Å². The lowest BCUT2D eigenvalue weighted by Gasteiger charge is -2.17. The lowest BCUT2D eigenvalue weighted by atomic mass is 9.96. The van der Waals surface area contributed by atoms with E-state index in [2.05, 4.69) is 15.5 Å². The first-order valence-electron chi connectivity index (χ1n) is 7.75. The van der Waals surface area contributed by atoms with Crippen molar-refractivity contribution < 1.29 is 18.0 Å². The first-order valence-corrected chi connectivity index (χ1v) is 8.63. The molecule has 0 saturated heterocycles. The first-order chi connectivity index (χ1) is 11.9. The van der Waals surface area contributed by atoms with Crippen LogP contribution in [0, 0.1) is 0 Å². The lowest BCUT2D eigenvalue weighted by molar-refractivity contribution is -0.137. The predicted octanol–water partition coefficient (Wildman–Crippen LogP) is 3.43. The van der Waals surface area contributed by atoms with Gasteiger partial charge in [-0.15, -0.1) is 10.2 Å². The van der Waals surface area contributed by atoms with E-state index in [4.69, 9.17) is 5.84 Å². The van der Waals surface area contributed by atoms with Gasteiger partial charge >= 0.3 is 6.18 Å². The Bertz CT molecular complexity index is 781. The highest BCUT2D eigenvalue weighted by Crippen LogP contribution is 2.30. The lowest BCUT2D eigenvalue weighted by Crippen LogP contribution is -2.26. The zero-order valence-corrected chi connectivity index (χ0v) is 15.6. The van der Waals surface area contributed by atoms with Gasteiger partial charge in [0.15, 0.2) is 5.82 Å². The van der Waals surface area contributed by atoms with Crippen LogP contribution in [0.2, 0.25) is 0 Å². The molecule has 1 heterocycles. The second kappa shape index (κ2) is 7.18. The maximum Gasteiger partial charge on any atom is 0.416 e. The topological polar surface area (TPSA) is 85.8 Å². The molecule has 3 N–H and O–H groups in total. The number of anilines is 1. The number of alkyl halides is 3. The van der Waals surface area contributed by atoms with Gasteiger partial charge in [0.05, 0.1) is 10.8 Å². The molecule has 0 fully saturated rings. The van der Waals surface area contributed by atoms with Crippen molar-refractivity contribution in [2.45, 2.75) is 49.7 Å². The second-order valence-corrected chi connectivity index (χ2v) is 8.06. The monoisotopic (exact) mass is 387 g/mol. The van der Waals surface area contributed by atoms with Crippen LogP contribution < -0.4 is 11.2 Å². The van der Waals surface area contributed by atoms with Crippen LogP contribution in [0.25, 0.3) is 0 Å². The number of nitrogen functional groups attached to an aromatic ring is 1. The van der Waals surface area contributed by atoms with Gasteiger partial charge in [-0.1, -0.05) is 32.5 Å². The molecule has 1 aromatic carbocycles. The van der Waals surface area contributed by atoms with Gasteiger partial charge in [0.1, 0.15) is 0 Å². The van der Waals surface area contributed by atoms with Crippen molar-refractivity contribution in [1.29, 1.82) is 0 Å². The van der Waals surface area contributed by atoms with Gasteiger partial charge in [0, 0.05) is 11.1 Å². The molecule has 10 heteroatoms. The van der Waals surface area contributed by atoms with Gasteiger partial charge in [-0.25, -0.2) is 4.68 Å². The van der Waals surface area contributed by atoms with Crippen LogP contribution in [0.15, 0.2) is 29.4 Å². The second-order valence-electron chi connectivity index (χ2n) is 6.75. The molecule has 26 heavy (non-hydrogen) atoms. The summed E-state index contributed by atoms with van der Waals surface area (Å²) in [5.41, 5.74) is -0.796. The molecule has 1 amide bonds. The molecular weight excluding hydrogens is 367 g/mol. The van der Waals surface area contributed by atoms with Crippen molar-refractivity contribution in [3.8, 4) is 0 Å². The molecule has 142 valence electrons. The third-order valence-corrected chi connectivity index (χ3v) is 4.52. The summed E-state index contributed by atoms with van der Waals surface area (Å²) in [5.74, 6) is 6.18. The number of nitrogens with zero attached hydrogens (tertiary/aromatic N) is 3. The fourth-order valence-corrected chi connectivity index (χ4v) is 2.84. The van der Waals surface area contributed by atoms with E-state index >= 15 is 0 Å². The number of benzene rings is 1. The summed E-state index contributed by atoms with van der Waals surface area (Å²) < 4.78 is 39.0. The number of amides is 1. The molecule has 2 aromatic rings. The molecule has 0 aliphatic rings. The minimum absolute atomic E-state index is 0.278. The Morgan fingerprint density at radius 1 is 1.19 bits per heavy atom. The molecule has 0 aliphatic heterocycles. The Morgan fingerprint density at radius 3 is 2.23 bits per heavy atom. The van der Waals surface area contributed by atoms with Gasteiger partial charge in [0.2, 0.25) is 11.1 Å². The third-order valence-electron chi connectivity index (χ3n) is 3.47. The largest absolute Gasteiger partial charge is 0.416 e. The molecule has 0 saturated carbocycles. The molecule has 0 unspecified atom stereocenters. The minimum Gasteiger partial charge on any atom is -0.336 e. The van der Waals surface area contributed by atoms with Gasteiger partial charge in [-0.05, 0) is 31.2 Å². The summed E-state index contributed by atoms with van der Waals surface area (Å²) in [7, 11) is 0. The van der Waals surface area contributed by atoms with Gasteiger partial charge < -0.3 is 11.2 Å². The number of carbonyl (C=O) groups is 1. The fourth-order valence-electron chi connectivity index (χ4n) is 2.07. The highest BCUT2D eigenvalue weighted by atomic mass is 32.2. The summed E-state index contributed by atoms with van der Waals surface area (Å²) in [4.78, 5) is 12.3. The average molecular weight is 387 g/mol. The maximum absolute atomic E-state index is 12.6. The van der Waals surface area contributed by atoms with Crippen LogP contribution in [-0.4, -0.2) is 26.0 Å². The fraction of sp³-hybridized carbons (Fsp3) is 0.438. The standard InChI is InChI=1S/C16H20F3N5OS/c1-9(26-14-23-22-13(24(14)20)15(2,3)4)12(25)21-11-7-5-10(6-8-11)16(17,18)19/h5-9H,20H2,1-4H3,(H,21,25)/t9-/m1/s1. The Hall–Kier alpha value is -2.23. The molecule has 0 radical (unpaired) electrons. The van der Waals surface area contributed by atoms with Crippen molar-refractivity contribution >= 4 is 23.4 Å². The van der Waals surface area contributed by atoms with Crippen molar-refractivity contribution in [3.05, 3.63) is 35.7 Å². The number of nitrogens with one attached hydrogen (secondary N) is 1. The molecule has 2 rings (SSSR count). The van der Waals surface area contributed by atoms with Gasteiger partial charge in [-0.3, -0.25) is 4.79 Å². The number of hydrogen-bond acceptors (Lipinski definition) is 5. The number of rotatable bonds is 4. The number of carbonyl (C=O) groups excluding carboxylic acids is 1. The van der Waals surface area contributed by atoms with E-state index in [1.54, 1.807) is 6.92 Å². The number of aromatic nitrogens is 3. The highest BCUT2D eigenvalue weighted by Gasteiger charge is 2.30. The smallest absolute Gasteiger partial charge is 0.336 e. The molecule has 1 atom stereocenters. The van der Waals surface area contributed by atoms with E-state index in [1.807, 2.05) is 20.8 Å². The van der Waals surface area contributed by atoms with E-state index in [1.165, 1.54) is 16.8 Å². The summed E-state index contributed by atoms with van der Waals surface area (Å²) in [6, 6.07) is 4.25. The minimum atomic E-state index is -4.42. The molecule has 1 aromatic heterocycles. The average Bonchev–Trinajstić information content (AvgIpc) is 2.88. The molecule has 0 bridgehead atoms. The van der Waals surface area contributed by atoms with Crippen LogP contribution in [0.3, 0.4) is 0 Å². The van der Waals surface area contributed by atoms with Crippen molar-refractivity contribution in [2.24, 2.45) is 0 Å². The zero-order valence-electron chi connectivity index (χ0n) is 14.8. The zero-order chi connectivity index (χ0) is 19.7. The number of hydrogen-bond donors (Lipinski definition) is 2. The van der Waals surface area contributed by atoms with Crippen LogP contribution in [0.4, 0.5) is 18.9 Å². The Kier molecular flexibility index (Phi) is 5.55. The first kappa shape index (κ1) is 20.1. The Balaban J connectivity index is 2.03. The van der Waals surface area contributed by atoms with Gasteiger partial charge in [0.25, 0.3) is 0 Å². The van der Waals surface area contributed by atoms with E-state index < -0.39 is 17.0 Å². The molecule has 6 nitrogen and oxygen atoms in total. The predicted molar refractivity (Wildman–Crippen MR) is 94.3 cm³/mol. The highest BCUT2D eigenvalue weighted by molar-refractivity contribution is 8.00. The summed E-state index contributed by atoms with van der Waals surface area (Å²) >= 11 is 1.11. The van der Waals surface area contributed by atoms with Crippen LogP contribution >= 0.6 is 11.8 Å². The third kappa shape index (κ3) is 4.69. The van der Waals surface area contributed by atoms with Crippen molar-refractivity contribution in [2.75, 3.05) is 11.2 Å². The number of nitrogens with two attached hydrogens (primary N) is 1. The van der Waals surface area contributed by atoms with E-state index in [9.17, 15) is 18.0 Å². The van der Waals surface area contributed by atoms with E-state index in [-0.39, 0.29) is 17.0 Å². The summed E-state index contributed by atoms with van der Waals surface area (Å²) in [6.07, 6.45) is -4.42. The number of thioether (sulfide) groups is 1. The van der Waals surface area contributed by atoms with E-state index in [0.29, 0.717) is 11.0 Å². The summed E-state index contributed by atoms with van der Waals surface area (Å²) in [5, 5.41) is 10.4. The molecule has 0 spiro atoms.